The van der Waals surface area contributed by atoms with Gasteiger partial charge in [0.05, 0.1) is 6.04 Å². The molecule has 23 heavy (non-hydrogen) atoms. The number of carbonyl (C=O) groups is 1. The number of aliphatic hydroxyl groups is 1. The quantitative estimate of drug-likeness (QED) is 0.706. The summed E-state index contributed by atoms with van der Waals surface area (Å²) in [7, 11) is 0. The highest BCUT2D eigenvalue weighted by Gasteiger charge is 2.22. The third-order valence-corrected chi connectivity index (χ3v) is 4.42. The third-order valence-electron chi connectivity index (χ3n) is 4.42. The fraction of sp³-hybridized carbons (Fsp3) is 0.526. The highest BCUT2D eigenvalue weighted by Crippen LogP contribution is 2.22. The number of hydrogen-bond acceptors (Lipinski definition) is 2. The first kappa shape index (κ1) is 17.5. The topological polar surface area (TPSA) is 61.4 Å². The minimum atomic E-state index is -0.156. The maximum atomic E-state index is 12.3. The number of nitrogens with one attached hydrogen (secondary N) is 2. The second-order valence-corrected chi connectivity index (χ2v) is 6.60. The zero-order chi connectivity index (χ0) is 16.8. The van der Waals surface area contributed by atoms with Gasteiger partial charge in [-0.05, 0) is 29.9 Å². The third kappa shape index (κ3) is 4.83. The standard InChI is InChI=1S/C19H28N2O2/c1-4-14-5-8-16(9-6-14)18(13(2)3)21-19(23)20-17-10-7-15(11-17)12-22/h5-10,13,15,17-18,22H,4,11-12H2,1-3H3,(H2,20,21,23)/t15-,17+,18?/m0/s1. The molecule has 0 saturated carbocycles. The first-order valence-electron chi connectivity index (χ1n) is 8.48. The Hall–Kier alpha value is -1.81. The number of urea groups is 1. The van der Waals surface area contributed by atoms with E-state index in [4.69, 9.17) is 5.11 Å². The van der Waals surface area contributed by atoms with E-state index >= 15 is 0 Å². The molecule has 0 aliphatic heterocycles. The van der Waals surface area contributed by atoms with E-state index in [0.717, 1.165) is 18.4 Å². The highest BCUT2D eigenvalue weighted by molar-refractivity contribution is 5.75. The Morgan fingerprint density at radius 1 is 1.26 bits per heavy atom. The van der Waals surface area contributed by atoms with Crippen molar-refractivity contribution in [1.29, 1.82) is 0 Å². The molecular formula is C19H28N2O2. The largest absolute Gasteiger partial charge is 0.396 e. The van der Waals surface area contributed by atoms with Gasteiger partial charge in [-0.15, -0.1) is 0 Å². The molecule has 0 fully saturated rings. The van der Waals surface area contributed by atoms with Crippen molar-refractivity contribution in [2.45, 2.75) is 45.7 Å². The summed E-state index contributed by atoms with van der Waals surface area (Å²) >= 11 is 0. The lowest BCUT2D eigenvalue weighted by Gasteiger charge is -2.24. The molecule has 2 amide bonds. The van der Waals surface area contributed by atoms with Crippen LogP contribution >= 0.6 is 0 Å². The van der Waals surface area contributed by atoms with E-state index < -0.39 is 0 Å². The molecule has 0 spiro atoms. The van der Waals surface area contributed by atoms with E-state index in [0.29, 0.717) is 5.92 Å². The molecule has 1 aliphatic carbocycles. The van der Waals surface area contributed by atoms with Crippen molar-refractivity contribution in [3.05, 3.63) is 47.5 Å². The minimum absolute atomic E-state index is 0.00225. The fourth-order valence-corrected chi connectivity index (χ4v) is 2.96. The Morgan fingerprint density at radius 2 is 1.96 bits per heavy atom. The van der Waals surface area contributed by atoms with Crippen molar-refractivity contribution in [2.75, 3.05) is 6.61 Å². The molecule has 1 aliphatic rings. The summed E-state index contributed by atoms with van der Waals surface area (Å²) < 4.78 is 0. The summed E-state index contributed by atoms with van der Waals surface area (Å²) in [4.78, 5) is 12.3. The molecule has 3 atom stereocenters. The number of hydrogen-bond donors (Lipinski definition) is 3. The van der Waals surface area contributed by atoms with Gasteiger partial charge in [0.15, 0.2) is 0 Å². The summed E-state index contributed by atoms with van der Waals surface area (Å²) in [5, 5.41) is 15.2. The van der Waals surface area contributed by atoms with E-state index in [2.05, 4.69) is 55.7 Å². The van der Waals surface area contributed by atoms with Gasteiger partial charge < -0.3 is 15.7 Å². The summed E-state index contributed by atoms with van der Waals surface area (Å²) in [6.45, 7) is 6.48. The summed E-state index contributed by atoms with van der Waals surface area (Å²) in [5.41, 5.74) is 2.43. The average Bonchev–Trinajstić information content (AvgIpc) is 3.00. The maximum absolute atomic E-state index is 12.3. The number of aryl methyl sites for hydroxylation is 1. The molecule has 4 nitrogen and oxygen atoms in total. The Bertz CT molecular complexity index is 537. The summed E-state index contributed by atoms with van der Waals surface area (Å²) in [6, 6.07) is 8.27. The van der Waals surface area contributed by atoms with Gasteiger partial charge >= 0.3 is 6.03 Å². The fourth-order valence-electron chi connectivity index (χ4n) is 2.96. The summed E-state index contributed by atoms with van der Waals surface area (Å²) in [5.74, 6) is 0.459. The van der Waals surface area contributed by atoms with Crippen LogP contribution in [0.15, 0.2) is 36.4 Å². The van der Waals surface area contributed by atoms with Gasteiger partial charge in [-0.1, -0.05) is 57.2 Å². The van der Waals surface area contributed by atoms with Crippen LogP contribution in [0.5, 0.6) is 0 Å². The molecule has 0 aromatic heterocycles. The van der Waals surface area contributed by atoms with Crippen molar-refractivity contribution in [3.8, 4) is 0 Å². The smallest absolute Gasteiger partial charge is 0.315 e. The first-order chi connectivity index (χ1) is 11.0. The second-order valence-electron chi connectivity index (χ2n) is 6.60. The van der Waals surface area contributed by atoms with Gasteiger partial charge in [-0.2, -0.15) is 0 Å². The van der Waals surface area contributed by atoms with Crippen LogP contribution in [0.2, 0.25) is 0 Å². The molecule has 1 aromatic carbocycles. The van der Waals surface area contributed by atoms with Crippen LogP contribution in [0.4, 0.5) is 4.79 Å². The van der Waals surface area contributed by atoms with E-state index in [1.165, 1.54) is 5.56 Å². The molecule has 126 valence electrons. The van der Waals surface area contributed by atoms with Crippen LogP contribution in [0.25, 0.3) is 0 Å². The number of amides is 2. The van der Waals surface area contributed by atoms with Crippen LogP contribution in [0.3, 0.4) is 0 Å². The maximum Gasteiger partial charge on any atom is 0.315 e. The molecule has 4 heteroatoms. The van der Waals surface area contributed by atoms with Crippen LogP contribution < -0.4 is 10.6 Å². The molecule has 0 bridgehead atoms. The van der Waals surface area contributed by atoms with E-state index in [1.54, 1.807) is 0 Å². The Kier molecular flexibility index (Phi) is 6.22. The zero-order valence-corrected chi connectivity index (χ0v) is 14.3. The number of aliphatic hydroxyl groups excluding tert-OH is 1. The first-order valence-corrected chi connectivity index (χ1v) is 8.48. The van der Waals surface area contributed by atoms with Crippen LogP contribution in [-0.4, -0.2) is 23.8 Å². The zero-order valence-electron chi connectivity index (χ0n) is 14.3. The number of benzene rings is 1. The molecule has 0 heterocycles. The van der Waals surface area contributed by atoms with Crippen molar-refractivity contribution in [2.24, 2.45) is 11.8 Å². The highest BCUT2D eigenvalue weighted by atomic mass is 16.3. The lowest BCUT2D eigenvalue weighted by molar-refractivity contribution is 0.225. The van der Waals surface area contributed by atoms with Crippen LogP contribution in [-0.2, 0) is 6.42 Å². The SMILES string of the molecule is CCc1ccc(C(NC(=O)N[C@@H]2C=C[C@H](CO)C2)C(C)C)cc1. The van der Waals surface area contributed by atoms with Crippen molar-refractivity contribution >= 4 is 6.03 Å². The van der Waals surface area contributed by atoms with Gasteiger partial charge in [0.25, 0.3) is 0 Å². The summed E-state index contributed by atoms with van der Waals surface area (Å²) in [6.07, 6.45) is 5.71. The van der Waals surface area contributed by atoms with Crippen LogP contribution in [0, 0.1) is 11.8 Å². The average molecular weight is 316 g/mol. The number of rotatable bonds is 6. The second kappa shape index (κ2) is 8.16. The number of carbonyl (C=O) groups excluding carboxylic acids is 1. The van der Waals surface area contributed by atoms with Gasteiger partial charge in [0.1, 0.15) is 0 Å². The lowest BCUT2D eigenvalue weighted by atomic mass is 9.95. The molecule has 1 unspecified atom stereocenters. The van der Waals surface area contributed by atoms with E-state index in [1.807, 2.05) is 12.2 Å². The van der Waals surface area contributed by atoms with Gasteiger partial charge in [-0.3, -0.25) is 0 Å². The lowest BCUT2D eigenvalue weighted by Crippen LogP contribution is -2.43. The Labute approximate surface area is 139 Å². The van der Waals surface area contributed by atoms with Crippen molar-refractivity contribution < 1.29 is 9.90 Å². The van der Waals surface area contributed by atoms with Crippen LogP contribution in [0.1, 0.15) is 44.4 Å². The van der Waals surface area contributed by atoms with E-state index in [-0.39, 0.29) is 30.6 Å². The van der Waals surface area contributed by atoms with Gasteiger partial charge in [0.2, 0.25) is 0 Å². The predicted octanol–water partition coefficient (Wildman–Crippen LogP) is 3.18. The Balaban J connectivity index is 1.96. The van der Waals surface area contributed by atoms with E-state index in [9.17, 15) is 4.79 Å². The minimum Gasteiger partial charge on any atom is -0.396 e. The molecule has 1 aromatic rings. The van der Waals surface area contributed by atoms with Gasteiger partial charge in [-0.25, -0.2) is 4.79 Å². The van der Waals surface area contributed by atoms with Crippen molar-refractivity contribution in [3.63, 3.8) is 0 Å². The monoisotopic (exact) mass is 316 g/mol. The normalized spacial score (nSPS) is 21.4. The molecule has 3 N–H and O–H groups in total. The predicted molar refractivity (Wildman–Crippen MR) is 93.2 cm³/mol. The molecule has 0 radical (unpaired) electrons. The molecule has 2 rings (SSSR count). The molecular weight excluding hydrogens is 288 g/mol. The molecule has 0 saturated heterocycles. The van der Waals surface area contributed by atoms with Gasteiger partial charge in [0, 0.05) is 18.6 Å². The Morgan fingerprint density at radius 3 is 2.48 bits per heavy atom. The van der Waals surface area contributed by atoms with Crippen molar-refractivity contribution in [1.82, 2.24) is 10.6 Å².